The van der Waals surface area contributed by atoms with Crippen LogP contribution >= 0.6 is 12.4 Å². The second kappa shape index (κ2) is 8.15. The van der Waals surface area contributed by atoms with Gasteiger partial charge in [-0.3, -0.25) is 4.79 Å². The molecule has 1 amide bonds. The third kappa shape index (κ3) is 3.83. The Kier molecular flexibility index (Phi) is 7.03. The van der Waals surface area contributed by atoms with Crippen molar-refractivity contribution in [2.75, 3.05) is 34.3 Å². The lowest BCUT2D eigenvalue weighted by Crippen LogP contribution is -2.40. The van der Waals surface area contributed by atoms with Crippen LogP contribution in [-0.4, -0.2) is 63.9 Å². The Bertz CT molecular complexity index is 694. The van der Waals surface area contributed by atoms with Crippen LogP contribution in [0.25, 0.3) is 0 Å². The summed E-state index contributed by atoms with van der Waals surface area (Å²) >= 11 is 0. The molecule has 136 valence electrons. The summed E-state index contributed by atoms with van der Waals surface area (Å²) in [6.45, 7) is 1.05. The van der Waals surface area contributed by atoms with Gasteiger partial charge in [0.05, 0.1) is 7.11 Å². The summed E-state index contributed by atoms with van der Waals surface area (Å²) in [4.78, 5) is 14.4. The second-order valence-corrected chi connectivity index (χ2v) is 7.80. The molecule has 0 spiro atoms. The van der Waals surface area contributed by atoms with E-state index in [1.165, 1.54) is 33.3 Å². The van der Waals surface area contributed by atoms with E-state index in [9.17, 15) is 13.2 Å². The number of nitrogens with two attached hydrogens (primary N) is 1. The second-order valence-electron chi connectivity index (χ2n) is 5.68. The minimum absolute atomic E-state index is 0. The standard InChI is InChI=1S/C15H23N3O4S.ClH/c1-17(2)23(20,21)14-9-11(6-7-13(14)22-3)15(19)18-8-4-5-12(18)10-16;/h6-7,9,12H,4-5,8,10,16H2,1-3H3;1H. The van der Waals surface area contributed by atoms with Crippen LogP contribution in [0.2, 0.25) is 0 Å². The molecule has 1 aliphatic heterocycles. The Labute approximate surface area is 149 Å². The van der Waals surface area contributed by atoms with Crippen molar-refractivity contribution in [1.29, 1.82) is 0 Å². The largest absolute Gasteiger partial charge is 0.495 e. The van der Waals surface area contributed by atoms with E-state index < -0.39 is 10.0 Å². The van der Waals surface area contributed by atoms with Gasteiger partial charge in [0.2, 0.25) is 10.0 Å². The number of sulfonamides is 1. The average molecular weight is 378 g/mol. The fraction of sp³-hybridized carbons (Fsp3) is 0.533. The fourth-order valence-corrected chi connectivity index (χ4v) is 3.80. The lowest BCUT2D eigenvalue weighted by molar-refractivity contribution is 0.0741. The molecule has 1 atom stereocenters. The van der Waals surface area contributed by atoms with Gasteiger partial charge in [-0.2, -0.15) is 0 Å². The number of nitrogens with zero attached hydrogens (tertiary/aromatic N) is 2. The van der Waals surface area contributed by atoms with Crippen LogP contribution in [0.3, 0.4) is 0 Å². The number of carbonyl (C=O) groups is 1. The van der Waals surface area contributed by atoms with Crippen LogP contribution in [0.1, 0.15) is 23.2 Å². The lowest BCUT2D eigenvalue weighted by Gasteiger charge is -2.24. The van der Waals surface area contributed by atoms with Crippen LogP contribution in [0.5, 0.6) is 5.75 Å². The molecule has 0 radical (unpaired) electrons. The zero-order valence-corrected chi connectivity index (χ0v) is 15.7. The van der Waals surface area contributed by atoms with E-state index in [0.717, 1.165) is 17.1 Å². The highest BCUT2D eigenvalue weighted by Gasteiger charge is 2.30. The van der Waals surface area contributed by atoms with Crippen LogP contribution in [0.15, 0.2) is 23.1 Å². The van der Waals surface area contributed by atoms with Crippen molar-refractivity contribution in [2.24, 2.45) is 5.73 Å². The zero-order valence-electron chi connectivity index (χ0n) is 14.1. The van der Waals surface area contributed by atoms with Gasteiger partial charge < -0.3 is 15.4 Å². The molecule has 7 nitrogen and oxygen atoms in total. The summed E-state index contributed by atoms with van der Waals surface area (Å²) in [5, 5.41) is 0. The molecule has 9 heteroatoms. The number of hydrogen-bond acceptors (Lipinski definition) is 5. The highest BCUT2D eigenvalue weighted by atomic mass is 35.5. The Balaban J connectivity index is 0.00000288. The molecule has 1 saturated heterocycles. The van der Waals surface area contributed by atoms with Gasteiger partial charge in [0.25, 0.3) is 5.91 Å². The number of benzene rings is 1. The third-order valence-corrected chi connectivity index (χ3v) is 5.92. The van der Waals surface area contributed by atoms with E-state index in [4.69, 9.17) is 10.5 Å². The van der Waals surface area contributed by atoms with Gasteiger partial charge in [-0.1, -0.05) is 0 Å². The Morgan fingerprint density at radius 1 is 1.42 bits per heavy atom. The van der Waals surface area contributed by atoms with Crippen LogP contribution in [-0.2, 0) is 10.0 Å². The molecule has 1 unspecified atom stereocenters. The van der Waals surface area contributed by atoms with Crippen LogP contribution < -0.4 is 10.5 Å². The van der Waals surface area contributed by atoms with Gasteiger partial charge in [-0.25, -0.2) is 12.7 Å². The molecular formula is C15H24ClN3O4S. The highest BCUT2D eigenvalue weighted by molar-refractivity contribution is 7.89. The van der Waals surface area contributed by atoms with E-state index in [1.54, 1.807) is 11.0 Å². The van der Waals surface area contributed by atoms with E-state index in [1.807, 2.05) is 0 Å². The predicted octanol–water partition coefficient (Wildman–Crippen LogP) is 0.931. The number of likely N-dealkylation sites (tertiary alicyclic amines) is 1. The number of rotatable bonds is 5. The highest BCUT2D eigenvalue weighted by Crippen LogP contribution is 2.28. The summed E-state index contributed by atoms with van der Waals surface area (Å²) < 4.78 is 31.1. The van der Waals surface area contributed by atoms with Crippen LogP contribution in [0, 0.1) is 0 Å². The van der Waals surface area contributed by atoms with Crippen LogP contribution in [0.4, 0.5) is 0 Å². The number of hydrogen-bond donors (Lipinski definition) is 1. The van der Waals surface area contributed by atoms with Gasteiger partial charge in [-0.05, 0) is 31.0 Å². The number of methoxy groups -OCH3 is 1. The predicted molar refractivity (Wildman–Crippen MR) is 94.2 cm³/mol. The van der Waals surface area contributed by atoms with Crippen molar-refractivity contribution in [3.8, 4) is 5.75 Å². The van der Waals surface area contributed by atoms with Gasteiger partial charge in [0.15, 0.2) is 0 Å². The Hall–Kier alpha value is -1.35. The van der Waals surface area contributed by atoms with E-state index in [2.05, 4.69) is 0 Å². The minimum atomic E-state index is -3.71. The van der Waals surface area contributed by atoms with E-state index >= 15 is 0 Å². The molecule has 0 aliphatic carbocycles. The molecule has 1 fully saturated rings. The first-order chi connectivity index (χ1) is 10.8. The smallest absolute Gasteiger partial charge is 0.254 e. The Morgan fingerprint density at radius 3 is 2.62 bits per heavy atom. The molecule has 0 bridgehead atoms. The molecule has 1 aromatic rings. The van der Waals surface area contributed by atoms with Crippen molar-refractivity contribution in [1.82, 2.24) is 9.21 Å². The van der Waals surface area contributed by atoms with Crippen molar-refractivity contribution in [3.63, 3.8) is 0 Å². The molecular weight excluding hydrogens is 354 g/mol. The molecule has 0 saturated carbocycles. The molecule has 2 rings (SSSR count). The quantitative estimate of drug-likeness (QED) is 0.823. The summed E-state index contributed by atoms with van der Waals surface area (Å²) in [6, 6.07) is 4.49. The van der Waals surface area contributed by atoms with Crippen molar-refractivity contribution in [2.45, 2.75) is 23.8 Å². The first-order valence-electron chi connectivity index (χ1n) is 7.44. The summed E-state index contributed by atoms with van der Waals surface area (Å²) in [5.74, 6) is 0.0165. The number of amides is 1. The van der Waals surface area contributed by atoms with Gasteiger partial charge in [0, 0.05) is 38.8 Å². The number of carbonyl (C=O) groups excluding carboxylic acids is 1. The molecule has 1 heterocycles. The van der Waals surface area contributed by atoms with Crippen molar-refractivity contribution in [3.05, 3.63) is 23.8 Å². The lowest BCUT2D eigenvalue weighted by atomic mass is 10.1. The van der Waals surface area contributed by atoms with E-state index in [0.29, 0.717) is 18.7 Å². The fourth-order valence-electron chi connectivity index (χ4n) is 2.72. The third-order valence-electron chi connectivity index (χ3n) is 4.08. The maximum Gasteiger partial charge on any atom is 0.254 e. The van der Waals surface area contributed by atoms with Gasteiger partial charge in [0.1, 0.15) is 10.6 Å². The zero-order chi connectivity index (χ0) is 17.2. The molecule has 2 N–H and O–H groups in total. The Morgan fingerprint density at radius 2 is 2.08 bits per heavy atom. The van der Waals surface area contributed by atoms with E-state index in [-0.39, 0.29) is 35.0 Å². The van der Waals surface area contributed by atoms with Crippen molar-refractivity contribution >= 4 is 28.3 Å². The molecule has 1 aromatic carbocycles. The summed E-state index contributed by atoms with van der Waals surface area (Å²) in [5.41, 5.74) is 6.03. The maximum atomic E-state index is 12.7. The molecule has 0 aromatic heterocycles. The first-order valence-corrected chi connectivity index (χ1v) is 8.88. The van der Waals surface area contributed by atoms with Crippen molar-refractivity contribution < 1.29 is 17.9 Å². The number of ether oxygens (including phenoxy) is 1. The average Bonchev–Trinajstić information content (AvgIpc) is 3.01. The summed E-state index contributed by atoms with van der Waals surface area (Å²) in [7, 11) is 0.571. The minimum Gasteiger partial charge on any atom is -0.495 e. The topological polar surface area (TPSA) is 92.9 Å². The normalized spacial score (nSPS) is 17.7. The number of halogens is 1. The maximum absolute atomic E-state index is 12.7. The van der Waals surface area contributed by atoms with Gasteiger partial charge >= 0.3 is 0 Å². The molecule has 1 aliphatic rings. The van der Waals surface area contributed by atoms with Gasteiger partial charge in [-0.15, -0.1) is 12.4 Å². The first kappa shape index (κ1) is 20.7. The summed E-state index contributed by atoms with van der Waals surface area (Å²) in [6.07, 6.45) is 1.79. The molecule has 24 heavy (non-hydrogen) atoms. The SMILES string of the molecule is COc1ccc(C(=O)N2CCCC2CN)cc1S(=O)(=O)N(C)C.Cl. The monoisotopic (exact) mass is 377 g/mol.